The maximum Gasteiger partial charge on any atom is 0.331 e. The van der Waals surface area contributed by atoms with Crippen molar-refractivity contribution in [3.8, 4) is 0 Å². The molecule has 0 saturated carbocycles. The predicted molar refractivity (Wildman–Crippen MR) is 65.8 cm³/mol. The standard InChI is InChI=1S/C14H14N2O2/c17-14(18-10-11-4-2-1-3-5-11)13-7-6-12-8-9-15-16(12)13/h1-5,8-9,13H,6-7,10H2/t13-/m0/s1. The number of aromatic nitrogens is 2. The van der Waals surface area contributed by atoms with Crippen molar-refractivity contribution >= 4 is 5.97 Å². The molecule has 92 valence electrons. The fourth-order valence-corrected chi connectivity index (χ4v) is 2.27. The lowest BCUT2D eigenvalue weighted by molar-refractivity contribution is -0.149. The number of nitrogens with zero attached hydrogens (tertiary/aromatic N) is 2. The van der Waals surface area contributed by atoms with Gasteiger partial charge in [0.1, 0.15) is 12.6 Å². The van der Waals surface area contributed by atoms with Crippen LogP contribution in [0.4, 0.5) is 0 Å². The van der Waals surface area contributed by atoms with Gasteiger partial charge in [0.25, 0.3) is 0 Å². The van der Waals surface area contributed by atoms with Crippen molar-refractivity contribution in [3.05, 3.63) is 53.9 Å². The van der Waals surface area contributed by atoms with Gasteiger partial charge in [-0.15, -0.1) is 0 Å². The molecule has 1 aromatic heterocycles. The summed E-state index contributed by atoms with van der Waals surface area (Å²) < 4.78 is 7.11. The molecule has 0 N–H and O–H groups in total. The monoisotopic (exact) mass is 242 g/mol. The number of rotatable bonds is 3. The zero-order valence-electron chi connectivity index (χ0n) is 9.95. The Hall–Kier alpha value is -2.10. The number of fused-ring (bicyclic) bond motifs is 1. The molecule has 1 aromatic carbocycles. The Morgan fingerprint density at radius 3 is 3.00 bits per heavy atom. The van der Waals surface area contributed by atoms with Crippen LogP contribution in [-0.2, 0) is 22.6 Å². The molecule has 18 heavy (non-hydrogen) atoms. The molecule has 0 spiro atoms. The summed E-state index contributed by atoms with van der Waals surface area (Å²) in [5, 5.41) is 4.17. The highest BCUT2D eigenvalue weighted by Gasteiger charge is 2.29. The van der Waals surface area contributed by atoms with Crippen LogP contribution in [0.3, 0.4) is 0 Å². The minimum absolute atomic E-state index is 0.193. The predicted octanol–water partition coefficient (Wildman–Crippen LogP) is 2.11. The van der Waals surface area contributed by atoms with E-state index in [9.17, 15) is 4.79 Å². The van der Waals surface area contributed by atoms with E-state index >= 15 is 0 Å². The number of benzene rings is 1. The topological polar surface area (TPSA) is 44.1 Å². The minimum Gasteiger partial charge on any atom is -0.459 e. The Balaban J connectivity index is 1.63. The van der Waals surface area contributed by atoms with E-state index in [1.54, 1.807) is 10.9 Å². The van der Waals surface area contributed by atoms with Gasteiger partial charge in [0, 0.05) is 11.9 Å². The largest absolute Gasteiger partial charge is 0.459 e. The SMILES string of the molecule is O=C(OCc1ccccc1)[C@@H]1CCc2ccnn21. The molecule has 0 unspecified atom stereocenters. The molecule has 0 saturated heterocycles. The quantitative estimate of drug-likeness (QED) is 0.774. The molecular weight excluding hydrogens is 228 g/mol. The third-order valence-electron chi connectivity index (χ3n) is 3.22. The molecule has 1 atom stereocenters. The van der Waals surface area contributed by atoms with E-state index in [1.807, 2.05) is 36.4 Å². The van der Waals surface area contributed by atoms with E-state index in [0.717, 1.165) is 24.1 Å². The molecule has 1 aliphatic heterocycles. The molecule has 0 bridgehead atoms. The first-order valence-electron chi connectivity index (χ1n) is 6.07. The van der Waals surface area contributed by atoms with Crippen LogP contribution in [0.1, 0.15) is 23.7 Å². The van der Waals surface area contributed by atoms with E-state index in [-0.39, 0.29) is 12.0 Å². The van der Waals surface area contributed by atoms with Crippen molar-refractivity contribution in [1.82, 2.24) is 9.78 Å². The van der Waals surface area contributed by atoms with Crippen LogP contribution >= 0.6 is 0 Å². The number of carbonyl (C=O) groups is 1. The lowest BCUT2D eigenvalue weighted by Crippen LogP contribution is -2.19. The lowest BCUT2D eigenvalue weighted by atomic mass is 10.2. The summed E-state index contributed by atoms with van der Waals surface area (Å²) in [5.74, 6) is -0.193. The van der Waals surface area contributed by atoms with Gasteiger partial charge >= 0.3 is 5.97 Å². The number of ether oxygens (including phenoxy) is 1. The number of hydrogen-bond donors (Lipinski definition) is 0. The molecule has 2 heterocycles. The maximum absolute atomic E-state index is 12.0. The smallest absolute Gasteiger partial charge is 0.331 e. The normalized spacial score (nSPS) is 17.4. The number of carbonyl (C=O) groups excluding carboxylic acids is 1. The molecule has 0 fully saturated rings. The number of hydrogen-bond acceptors (Lipinski definition) is 3. The first-order chi connectivity index (χ1) is 8.84. The number of aryl methyl sites for hydroxylation is 1. The van der Waals surface area contributed by atoms with Crippen LogP contribution in [0.2, 0.25) is 0 Å². The molecule has 3 rings (SSSR count). The van der Waals surface area contributed by atoms with Gasteiger partial charge < -0.3 is 4.74 Å². The summed E-state index contributed by atoms with van der Waals surface area (Å²) in [5.41, 5.74) is 2.11. The van der Waals surface area contributed by atoms with Crippen molar-refractivity contribution in [2.75, 3.05) is 0 Å². The second kappa shape index (κ2) is 4.64. The Bertz CT molecular complexity index is 548. The maximum atomic E-state index is 12.0. The Kier molecular flexibility index (Phi) is 2.84. The van der Waals surface area contributed by atoms with Crippen molar-refractivity contribution in [1.29, 1.82) is 0 Å². The Labute approximate surface area is 105 Å². The third kappa shape index (κ3) is 2.01. The summed E-state index contributed by atoms with van der Waals surface area (Å²) in [6.07, 6.45) is 3.41. The molecule has 4 nitrogen and oxygen atoms in total. The summed E-state index contributed by atoms with van der Waals surface area (Å²) in [6, 6.07) is 11.4. The molecule has 1 aliphatic rings. The summed E-state index contributed by atoms with van der Waals surface area (Å²) in [7, 11) is 0. The van der Waals surface area contributed by atoms with E-state index in [2.05, 4.69) is 5.10 Å². The van der Waals surface area contributed by atoms with Gasteiger partial charge in [0.15, 0.2) is 0 Å². The van der Waals surface area contributed by atoms with Gasteiger partial charge in [0.2, 0.25) is 0 Å². The van der Waals surface area contributed by atoms with E-state index < -0.39 is 0 Å². The van der Waals surface area contributed by atoms with Crippen LogP contribution < -0.4 is 0 Å². The lowest BCUT2D eigenvalue weighted by Gasteiger charge is -2.11. The first kappa shape index (κ1) is 11.0. The highest BCUT2D eigenvalue weighted by atomic mass is 16.5. The van der Waals surface area contributed by atoms with Crippen LogP contribution in [0, 0.1) is 0 Å². The van der Waals surface area contributed by atoms with E-state index in [1.165, 1.54) is 0 Å². The van der Waals surface area contributed by atoms with Crippen LogP contribution in [0.5, 0.6) is 0 Å². The second-order valence-electron chi connectivity index (χ2n) is 4.41. The zero-order valence-corrected chi connectivity index (χ0v) is 9.95. The fraction of sp³-hybridized carbons (Fsp3) is 0.286. The van der Waals surface area contributed by atoms with Crippen molar-refractivity contribution in [2.24, 2.45) is 0 Å². The van der Waals surface area contributed by atoms with E-state index in [0.29, 0.717) is 6.61 Å². The Morgan fingerprint density at radius 1 is 1.33 bits per heavy atom. The van der Waals surface area contributed by atoms with Gasteiger partial charge in [-0.3, -0.25) is 4.68 Å². The fourth-order valence-electron chi connectivity index (χ4n) is 2.27. The average Bonchev–Trinajstić information content (AvgIpc) is 2.99. The highest BCUT2D eigenvalue weighted by Crippen LogP contribution is 2.25. The first-order valence-corrected chi connectivity index (χ1v) is 6.07. The summed E-state index contributed by atoms with van der Waals surface area (Å²) >= 11 is 0. The van der Waals surface area contributed by atoms with Crippen molar-refractivity contribution in [3.63, 3.8) is 0 Å². The highest BCUT2D eigenvalue weighted by molar-refractivity contribution is 5.74. The Morgan fingerprint density at radius 2 is 2.17 bits per heavy atom. The van der Waals surface area contributed by atoms with Gasteiger partial charge in [-0.2, -0.15) is 5.10 Å². The van der Waals surface area contributed by atoms with Crippen molar-refractivity contribution < 1.29 is 9.53 Å². The van der Waals surface area contributed by atoms with Gasteiger partial charge in [0.05, 0.1) is 0 Å². The van der Waals surface area contributed by atoms with Crippen LogP contribution in [-0.4, -0.2) is 15.7 Å². The molecule has 0 amide bonds. The molecule has 0 aliphatic carbocycles. The molecule has 0 radical (unpaired) electrons. The minimum atomic E-state index is -0.251. The molecule has 4 heteroatoms. The zero-order chi connectivity index (χ0) is 12.4. The van der Waals surface area contributed by atoms with Crippen LogP contribution in [0.15, 0.2) is 42.6 Å². The van der Waals surface area contributed by atoms with Gasteiger partial charge in [-0.25, -0.2) is 4.79 Å². The van der Waals surface area contributed by atoms with Gasteiger partial charge in [-0.05, 0) is 24.5 Å². The van der Waals surface area contributed by atoms with Crippen molar-refractivity contribution in [2.45, 2.75) is 25.5 Å². The average molecular weight is 242 g/mol. The number of esters is 1. The summed E-state index contributed by atoms with van der Waals surface area (Å²) in [6.45, 7) is 0.326. The molecular formula is C14H14N2O2. The second-order valence-corrected chi connectivity index (χ2v) is 4.41. The summed E-state index contributed by atoms with van der Waals surface area (Å²) in [4.78, 5) is 12.0. The van der Waals surface area contributed by atoms with Gasteiger partial charge in [-0.1, -0.05) is 30.3 Å². The van der Waals surface area contributed by atoms with E-state index in [4.69, 9.17) is 4.74 Å². The molecule has 2 aromatic rings. The third-order valence-corrected chi connectivity index (χ3v) is 3.22. The van der Waals surface area contributed by atoms with Crippen LogP contribution in [0.25, 0.3) is 0 Å².